The molecule has 18 heavy (non-hydrogen) atoms. The number of thioether (sulfide) groups is 1. The summed E-state index contributed by atoms with van der Waals surface area (Å²) < 4.78 is 5.49. The van der Waals surface area contributed by atoms with Crippen molar-refractivity contribution in [3.63, 3.8) is 0 Å². The second kappa shape index (κ2) is 6.25. The van der Waals surface area contributed by atoms with Crippen LogP contribution in [0.15, 0.2) is 18.2 Å². The minimum atomic E-state index is -0.153. The molecule has 0 atom stereocenters. The Bertz CT molecular complexity index is 408. The molecule has 0 aliphatic carbocycles. The van der Waals surface area contributed by atoms with Crippen LogP contribution in [0.3, 0.4) is 0 Å². The lowest BCUT2D eigenvalue weighted by atomic mass is 10.1. The zero-order valence-corrected chi connectivity index (χ0v) is 11.8. The molecule has 2 rings (SSSR count). The highest BCUT2D eigenvalue weighted by Gasteiger charge is 2.16. The predicted octanol–water partition coefficient (Wildman–Crippen LogP) is 2.26. The van der Waals surface area contributed by atoms with E-state index in [2.05, 4.69) is 4.90 Å². The summed E-state index contributed by atoms with van der Waals surface area (Å²) in [6, 6.07) is 5.91. The zero-order chi connectivity index (χ0) is 13.0. The Balaban J connectivity index is 1.94. The predicted molar refractivity (Wildman–Crippen MR) is 75.3 cm³/mol. The Morgan fingerprint density at radius 3 is 2.50 bits per heavy atom. The lowest BCUT2D eigenvalue weighted by molar-refractivity contribution is -0.135. The molecule has 0 unspecified atom stereocenters. The van der Waals surface area contributed by atoms with Gasteiger partial charge in [-0.3, -0.25) is 9.69 Å². The molecule has 0 amide bonds. The van der Waals surface area contributed by atoms with Crippen LogP contribution >= 0.6 is 11.8 Å². The average Bonchev–Trinajstić information content (AvgIpc) is 2.35. The normalized spacial score (nSPS) is 16.6. The molecule has 1 aliphatic heterocycles. The number of esters is 1. The Morgan fingerprint density at radius 1 is 1.28 bits per heavy atom. The van der Waals surface area contributed by atoms with E-state index < -0.39 is 0 Å². The van der Waals surface area contributed by atoms with Gasteiger partial charge in [0.1, 0.15) is 5.75 Å². The highest BCUT2D eigenvalue weighted by Crippen LogP contribution is 2.22. The van der Waals surface area contributed by atoms with Crippen molar-refractivity contribution in [2.24, 2.45) is 0 Å². The van der Waals surface area contributed by atoms with E-state index in [1.54, 1.807) is 0 Å². The van der Waals surface area contributed by atoms with Crippen molar-refractivity contribution in [1.82, 2.24) is 4.90 Å². The third kappa shape index (κ3) is 3.50. The quantitative estimate of drug-likeness (QED) is 0.619. The topological polar surface area (TPSA) is 29.5 Å². The van der Waals surface area contributed by atoms with Crippen molar-refractivity contribution < 1.29 is 9.53 Å². The van der Waals surface area contributed by atoms with Crippen molar-refractivity contribution in [2.45, 2.75) is 13.8 Å². The summed E-state index contributed by atoms with van der Waals surface area (Å²) in [4.78, 5) is 14.1. The van der Waals surface area contributed by atoms with Crippen LogP contribution in [-0.4, -0.2) is 42.0 Å². The lowest BCUT2D eigenvalue weighted by Crippen LogP contribution is -2.38. The summed E-state index contributed by atoms with van der Waals surface area (Å²) in [5, 5.41) is 0. The fourth-order valence-corrected chi connectivity index (χ4v) is 3.03. The maximum atomic E-state index is 11.9. The van der Waals surface area contributed by atoms with E-state index in [-0.39, 0.29) is 5.97 Å². The van der Waals surface area contributed by atoms with Gasteiger partial charge in [0.05, 0.1) is 6.54 Å². The molecule has 1 saturated heterocycles. The molecule has 4 heteroatoms. The fraction of sp³-hybridized carbons (Fsp3) is 0.500. The molecule has 1 heterocycles. The smallest absolute Gasteiger partial charge is 0.325 e. The van der Waals surface area contributed by atoms with Crippen LogP contribution in [0.5, 0.6) is 5.75 Å². The molecule has 1 aliphatic rings. The maximum absolute atomic E-state index is 11.9. The van der Waals surface area contributed by atoms with Crippen LogP contribution in [0.2, 0.25) is 0 Å². The van der Waals surface area contributed by atoms with Crippen molar-refractivity contribution in [3.8, 4) is 5.75 Å². The number of ether oxygens (including phenoxy) is 1. The summed E-state index contributed by atoms with van der Waals surface area (Å²) in [6.07, 6.45) is 0. The standard InChI is InChI=1S/C14H19NO2S/c1-11-4-3-5-12(2)14(11)17-13(16)10-15-6-8-18-9-7-15/h3-5H,6-10H2,1-2H3. The summed E-state index contributed by atoms with van der Waals surface area (Å²) in [6.45, 7) is 6.29. The van der Waals surface area contributed by atoms with Gasteiger partial charge >= 0.3 is 5.97 Å². The monoisotopic (exact) mass is 265 g/mol. The van der Waals surface area contributed by atoms with Crippen molar-refractivity contribution in [1.29, 1.82) is 0 Å². The average molecular weight is 265 g/mol. The molecule has 1 aromatic rings. The van der Waals surface area contributed by atoms with Crippen LogP contribution < -0.4 is 4.74 Å². The number of carbonyl (C=O) groups is 1. The van der Waals surface area contributed by atoms with Gasteiger partial charge in [-0.2, -0.15) is 11.8 Å². The molecule has 1 fully saturated rings. The third-order valence-electron chi connectivity index (χ3n) is 3.08. The number of rotatable bonds is 3. The minimum Gasteiger partial charge on any atom is -0.425 e. The van der Waals surface area contributed by atoms with Crippen LogP contribution in [0, 0.1) is 13.8 Å². The number of hydrogen-bond acceptors (Lipinski definition) is 4. The van der Waals surface area contributed by atoms with Gasteiger partial charge in [0.2, 0.25) is 0 Å². The van der Waals surface area contributed by atoms with Crippen LogP contribution in [-0.2, 0) is 4.79 Å². The van der Waals surface area contributed by atoms with Crippen molar-refractivity contribution >= 4 is 17.7 Å². The van der Waals surface area contributed by atoms with Gasteiger partial charge in [0.25, 0.3) is 0 Å². The summed E-state index contributed by atoms with van der Waals surface area (Å²) in [7, 11) is 0. The third-order valence-corrected chi connectivity index (χ3v) is 4.02. The van der Waals surface area contributed by atoms with Gasteiger partial charge in [0.15, 0.2) is 0 Å². The Labute approximate surface area is 113 Å². The number of para-hydroxylation sites is 1. The second-order valence-corrected chi connectivity index (χ2v) is 5.81. The van der Waals surface area contributed by atoms with E-state index in [0.29, 0.717) is 12.3 Å². The molecule has 3 nitrogen and oxygen atoms in total. The molecular weight excluding hydrogens is 246 g/mol. The first-order chi connectivity index (χ1) is 8.66. The largest absolute Gasteiger partial charge is 0.425 e. The Kier molecular flexibility index (Phi) is 4.66. The van der Waals surface area contributed by atoms with Gasteiger partial charge in [-0.15, -0.1) is 0 Å². The van der Waals surface area contributed by atoms with Crippen molar-refractivity contribution in [2.75, 3.05) is 31.1 Å². The molecule has 0 N–H and O–H groups in total. The molecular formula is C14H19NO2S. The van der Waals surface area contributed by atoms with Crippen LogP contribution in [0.25, 0.3) is 0 Å². The van der Waals surface area contributed by atoms with Crippen molar-refractivity contribution in [3.05, 3.63) is 29.3 Å². The highest BCUT2D eigenvalue weighted by atomic mass is 32.2. The molecule has 98 valence electrons. The second-order valence-electron chi connectivity index (χ2n) is 4.58. The van der Waals surface area contributed by atoms with Gasteiger partial charge in [0, 0.05) is 24.6 Å². The number of hydrogen-bond donors (Lipinski definition) is 0. The first-order valence-electron chi connectivity index (χ1n) is 6.24. The van der Waals surface area contributed by atoms with Crippen LogP contribution in [0.1, 0.15) is 11.1 Å². The molecule has 0 spiro atoms. The minimum absolute atomic E-state index is 0.153. The van der Waals surface area contributed by atoms with E-state index in [1.807, 2.05) is 43.8 Å². The van der Waals surface area contributed by atoms with Gasteiger partial charge in [-0.1, -0.05) is 18.2 Å². The molecule has 0 aromatic heterocycles. The molecule has 0 radical (unpaired) electrons. The van der Waals surface area contributed by atoms with E-state index in [9.17, 15) is 4.79 Å². The van der Waals surface area contributed by atoms with E-state index in [0.717, 1.165) is 35.7 Å². The van der Waals surface area contributed by atoms with E-state index in [4.69, 9.17) is 4.74 Å². The fourth-order valence-electron chi connectivity index (χ4n) is 2.05. The first kappa shape index (κ1) is 13.4. The first-order valence-corrected chi connectivity index (χ1v) is 7.39. The Hall–Kier alpha value is -1.000. The maximum Gasteiger partial charge on any atom is 0.325 e. The van der Waals surface area contributed by atoms with Gasteiger partial charge in [-0.25, -0.2) is 0 Å². The highest BCUT2D eigenvalue weighted by molar-refractivity contribution is 7.99. The number of carbonyl (C=O) groups excluding carboxylic acids is 1. The zero-order valence-electron chi connectivity index (χ0n) is 10.9. The lowest BCUT2D eigenvalue weighted by Gasteiger charge is -2.25. The van der Waals surface area contributed by atoms with E-state index in [1.165, 1.54) is 0 Å². The molecule has 0 bridgehead atoms. The Morgan fingerprint density at radius 2 is 1.89 bits per heavy atom. The summed E-state index contributed by atoms with van der Waals surface area (Å²) >= 11 is 1.94. The molecule has 0 saturated carbocycles. The summed E-state index contributed by atoms with van der Waals surface area (Å²) in [5.74, 6) is 2.78. The van der Waals surface area contributed by atoms with Gasteiger partial charge in [-0.05, 0) is 25.0 Å². The summed E-state index contributed by atoms with van der Waals surface area (Å²) in [5.41, 5.74) is 2.02. The van der Waals surface area contributed by atoms with E-state index >= 15 is 0 Å². The molecule has 1 aromatic carbocycles. The SMILES string of the molecule is Cc1cccc(C)c1OC(=O)CN1CCSCC1. The number of benzene rings is 1. The number of aryl methyl sites for hydroxylation is 2. The van der Waals surface area contributed by atoms with Crippen LogP contribution in [0.4, 0.5) is 0 Å². The van der Waals surface area contributed by atoms with Gasteiger partial charge < -0.3 is 4.74 Å². The number of nitrogens with zero attached hydrogens (tertiary/aromatic N) is 1.